The Hall–Kier alpha value is 2.10. The molecule has 0 aliphatic rings. The average Bonchev–Trinajstić information content (AvgIpc) is 0.811. The first-order valence-electron chi connectivity index (χ1n) is 0.359. The Labute approximate surface area is 50.3 Å². The minimum atomic E-state index is -0.546. The molecule has 32 valence electrons. The second-order valence-electron chi connectivity index (χ2n) is 0.136. The first kappa shape index (κ1) is 6.10. The topological polar surface area (TPSA) is 0 Å². The van der Waals surface area contributed by atoms with Crippen LogP contribution in [-0.2, 0) is 10.7 Å². The van der Waals surface area contributed by atoms with E-state index in [2.05, 4.69) is 40.3 Å². The van der Waals surface area contributed by atoms with Crippen molar-refractivity contribution in [1.82, 2.24) is 0 Å². The molecule has 0 rings (SSSR count). The quantitative estimate of drug-likeness (QED) is 0.592. The van der Waals surface area contributed by atoms with Crippen LogP contribution in [0.2, 0.25) is 0 Å². The summed E-state index contributed by atoms with van der Waals surface area (Å²) in [5.41, 5.74) is 0. The SMILES string of the molecule is [Br][Pd-]([Br])[Br]. The summed E-state index contributed by atoms with van der Waals surface area (Å²) < 4.78 is 0. The van der Waals surface area contributed by atoms with Gasteiger partial charge in [0.2, 0.25) is 0 Å². The second kappa shape index (κ2) is 3.30. The molecule has 0 bridgehead atoms. The molecule has 0 aliphatic heterocycles. The van der Waals surface area contributed by atoms with E-state index in [0.29, 0.717) is 0 Å². The molecular weight excluding hydrogens is 346 g/mol. The molecule has 4 heteroatoms. The zero-order chi connectivity index (χ0) is 3.58. The van der Waals surface area contributed by atoms with Gasteiger partial charge in [0.25, 0.3) is 0 Å². The molecule has 0 aromatic heterocycles. The molecule has 0 spiro atoms. The summed E-state index contributed by atoms with van der Waals surface area (Å²) in [5, 5.41) is 0. The van der Waals surface area contributed by atoms with Crippen LogP contribution in [0.3, 0.4) is 0 Å². The number of hydrogen-bond acceptors (Lipinski definition) is 0. The molecule has 0 nitrogen and oxygen atoms in total. The van der Waals surface area contributed by atoms with E-state index in [1.165, 1.54) is 0 Å². The third-order valence-corrected chi connectivity index (χ3v) is 0. The number of rotatable bonds is 0. The first-order valence-corrected chi connectivity index (χ1v) is 11.0. The van der Waals surface area contributed by atoms with E-state index in [1.807, 2.05) is 0 Å². The second-order valence-corrected chi connectivity index (χ2v) is 21.6. The van der Waals surface area contributed by atoms with E-state index in [-0.39, 0.29) is 0 Å². The van der Waals surface area contributed by atoms with Crippen molar-refractivity contribution in [1.29, 1.82) is 0 Å². The standard InChI is InChI=1S/3BrH.Pd/h3*1H;/q;;;+2/p-3. The van der Waals surface area contributed by atoms with Gasteiger partial charge < -0.3 is 0 Å². The van der Waals surface area contributed by atoms with Crippen molar-refractivity contribution in [2.24, 2.45) is 0 Å². The normalized spacial score (nSPS) is 11.2. The average molecular weight is 346 g/mol. The van der Waals surface area contributed by atoms with Crippen LogP contribution < -0.4 is 0 Å². The van der Waals surface area contributed by atoms with Crippen molar-refractivity contribution in [3.05, 3.63) is 0 Å². The summed E-state index contributed by atoms with van der Waals surface area (Å²) in [4.78, 5) is 0. The van der Waals surface area contributed by atoms with Crippen molar-refractivity contribution < 1.29 is 10.7 Å². The summed E-state index contributed by atoms with van der Waals surface area (Å²) >= 11 is 9.66. The Morgan fingerprint density at radius 3 is 1.00 bits per heavy atom. The van der Waals surface area contributed by atoms with Gasteiger partial charge in [0.15, 0.2) is 0 Å². The minimum absolute atomic E-state index is 0.546. The predicted octanol–water partition coefficient (Wildman–Crippen LogP) is 2.53. The van der Waals surface area contributed by atoms with E-state index in [1.54, 1.807) is 0 Å². The van der Waals surface area contributed by atoms with Crippen molar-refractivity contribution in [3.63, 3.8) is 0 Å². The van der Waals surface area contributed by atoms with E-state index in [0.717, 1.165) is 0 Å². The summed E-state index contributed by atoms with van der Waals surface area (Å²) in [6.45, 7) is 0. The Morgan fingerprint density at radius 2 is 1.00 bits per heavy atom. The van der Waals surface area contributed by atoms with Gasteiger partial charge in [0.05, 0.1) is 0 Å². The Morgan fingerprint density at radius 1 is 1.00 bits per heavy atom. The van der Waals surface area contributed by atoms with Crippen LogP contribution in [0, 0.1) is 0 Å². The zero-order valence-electron chi connectivity index (χ0n) is 1.45. The fourth-order valence-electron chi connectivity index (χ4n) is 0. The van der Waals surface area contributed by atoms with Gasteiger partial charge in [-0.1, -0.05) is 0 Å². The van der Waals surface area contributed by atoms with Crippen molar-refractivity contribution >= 4 is 40.3 Å². The molecule has 0 aromatic carbocycles. The van der Waals surface area contributed by atoms with Gasteiger partial charge in [-0.2, -0.15) is 0 Å². The molecule has 0 heterocycles. The molecule has 0 fully saturated rings. The summed E-state index contributed by atoms with van der Waals surface area (Å²) in [6, 6.07) is 0. The Balaban J connectivity index is 2.32. The maximum absolute atomic E-state index is 3.22. The van der Waals surface area contributed by atoms with E-state index >= 15 is 0 Å². The summed E-state index contributed by atoms with van der Waals surface area (Å²) in [7, 11) is -0.546. The van der Waals surface area contributed by atoms with Crippen LogP contribution in [0.5, 0.6) is 0 Å². The molecular formula is Br3Pd-. The van der Waals surface area contributed by atoms with Gasteiger partial charge in [-0.05, 0) is 0 Å². The monoisotopic (exact) mass is 343 g/mol. The van der Waals surface area contributed by atoms with Crippen LogP contribution in [0.4, 0.5) is 0 Å². The molecule has 4 heavy (non-hydrogen) atoms. The third-order valence-electron chi connectivity index (χ3n) is 0. The van der Waals surface area contributed by atoms with Crippen molar-refractivity contribution in [2.45, 2.75) is 0 Å². The fourth-order valence-corrected chi connectivity index (χ4v) is 0. The Kier molecular flexibility index (Phi) is 5.03. The molecule has 0 radical (unpaired) electrons. The van der Waals surface area contributed by atoms with Crippen LogP contribution in [-0.4, -0.2) is 0 Å². The van der Waals surface area contributed by atoms with E-state index in [9.17, 15) is 0 Å². The van der Waals surface area contributed by atoms with Crippen LogP contribution in [0.1, 0.15) is 0 Å². The Bertz CT molecular complexity index is 8.00. The number of hydrogen-bond donors (Lipinski definition) is 0. The number of halogens is 3. The summed E-state index contributed by atoms with van der Waals surface area (Å²) in [5.74, 6) is 0. The van der Waals surface area contributed by atoms with Gasteiger partial charge in [0.1, 0.15) is 0 Å². The summed E-state index contributed by atoms with van der Waals surface area (Å²) in [6.07, 6.45) is 0. The molecule has 0 N–H and O–H groups in total. The predicted molar refractivity (Wildman–Crippen MR) is 26.8 cm³/mol. The van der Waals surface area contributed by atoms with Gasteiger partial charge in [0, 0.05) is 0 Å². The zero-order valence-corrected chi connectivity index (χ0v) is 7.76. The molecule has 0 atom stereocenters. The van der Waals surface area contributed by atoms with Gasteiger partial charge in [-0.15, -0.1) is 0 Å². The van der Waals surface area contributed by atoms with Crippen molar-refractivity contribution in [3.8, 4) is 0 Å². The van der Waals surface area contributed by atoms with E-state index < -0.39 is 10.7 Å². The first-order chi connectivity index (χ1) is 1.73. The maximum atomic E-state index is 3.22. The fraction of sp³-hybridized carbons (Fsp3) is 0. The van der Waals surface area contributed by atoms with Gasteiger partial charge in [-0.3, -0.25) is 0 Å². The van der Waals surface area contributed by atoms with Crippen LogP contribution in [0.25, 0.3) is 0 Å². The van der Waals surface area contributed by atoms with Gasteiger partial charge >= 0.3 is 51.0 Å². The molecule has 0 saturated carbocycles. The van der Waals surface area contributed by atoms with Crippen LogP contribution in [0.15, 0.2) is 0 Å². The molecule has 0 aromatic rings. The molecule has 0 amide bonds. The van der Waals surface area contributed by atoms with Gasteiger partial charge in [-0.25, -0.2) is 0 Å². The van der Waals surface area contributed by atoms with E-state index in [4.69, 9.17) is 0 Å². The van der Waals surface area contributed by atoms with Crippen molar-refractivity contribution in [2.75, 3.05) is 0 Å². The molecule has 0 unspecified atom stereocenters. The van der Waals surface area contributed by atoms with Crippen LogP contribution >= 0.6 is 40.3 Å². The third kappa shape index (κ3) is 8.93. The molecule has 0 aliphatic carbocycles. The molecule has 0 saturated heterocycles.